The maximum atomic E-state index is 9.43. The van der Waals surface area contributed by atoms with Gasteiger partial charge in [0.1, 0.15) is 11.5 Å². The van der Waals surface area contributed by atoms with Gasteiger partial charge in [-0.25, -0.2) is 0 Å². The lowest BCUT2D eigenvalue weighted by Gasteiger charge is -2.26. The Morgan fingerprint density at radius 2 is 1.68 bits per heavy atom. The highest BCUT2D eigenvalue weighted by Gasteiger charge is 2.24. The Labute approximate surface area is 141 Å². The molecule has 0 aliphatic carbocycles. The van der Waals surface area contributed by atoms with Crippen LogP contribution in [0.1, 0.15) is 31.4 Å². The molecular formula is C18H20Cl2O2. The first kappa shape index (κ1) is 17.0. The normalized spacial score (nSPS) is 11.5. The largest absolute Gasteiger partial charge is 0.508 e. The van der Waals surface area contributed by atoms with E-state index >= 15 is 0 Å². The molecule has 2 rings (SSSR count). The molecule has 2 aromatic carbocycles. The molecule has 4 heteroatoms. The first-order valence-electron chi connectivity index (χ1n) is 7.23. The minimum absolute atomic E-state index is 0.216. The van der Waals surface area contributed by atoms with E-state index in [2.05, 4.69) is 13.8 Å². The standard InChI is InChI=1S/C18H20Cl2O2/c1-18(2,13-4-7-15(21)8-5-13)14-6-9-17(16(20)12-14)22-11-3-10-19/h4-9,12,21H,3,10-11H2,1-2H3. The van der Waals surface area contributed by atoms with Crippen molar-refractivity contribution in [2.24, 2.45) is 0 Å². The second-order valence-corrected chi connectivity index (χ2v) is 6.49. The summed E-state index contributed by atoms with van der Waals surface area (Å²) in [5, 5.41) is 10.0. The van der Waals surface area contributed by atoms with Crippen LogP contribution in [-0.2, 0) is 5.41 Å². The second kappa shape index (κ2) is 7.26. The van der Waals surface area contributed by atoms with Gasteiger partial charge in [0, 0.05) is 11.3 Å². The van der Waals surface area contributed by atoms with E-state index in [1.807, 2.05) is 30.3 Å². The van der Waals surface area contributed by atoms with E-state index in [0.717, 1.165) is 17.5 Å². The molecule has 0 fully saturated rings. The molecule has 0 aliphatic heterocycles. The predicted octanol–water partition coefficient (Wildman–Crippen LogP) is 5.38. The van der Waals surface area contributed by atoms with Gasteiger partial charge in [0.2, 0.25) is 0 Å². The zero-order valence-electron chi connectivity index (χ0n) is 12.8. The van der Waals surface area contributed by atoms with E-state index in [0.29, 0.717) is 23.3 Å². The van der Waals surface area contributed by atoms with Crippen LogP contribution in [0, 0.1) is 0 Å². The first-order chi connectivity index (χ1) is 10.4. The molecule has 0 aromatic heterocycles. The second-order valence-electron chi connectivity index (χ2n) is 5.71. The Hall–Kier alpha value is -1.38. The topological polar surface area (TPSA) is 29.5 Å². The molecule has 0 saturated carbocycles. The summed E-state index contributed by atoms with van der Waals surface area (Å²) in [7, 11) is 0. The van der Waals surface area contributed by atoms with Gasteiger partial charge >= 0.3 is 0 Å². The lowest BCUT2D eigenvalue weighted by atomic mass is 9.78. The van der Waals surface area contributed by atoms with Crippen molar-refractivity contribution in [3.05, 3.63) is 58.6 Å². The predicted molar refractivity (Wildman–Crippen MR) is 92.5 cm³/mol. The summed E-state index contributed by atoms with van der Waals surface area (Å²) in [6.45, 7) is 4.81. The molecule has 0 aliphatic rings. The Morgan fingerprint density at radius 3 is 2.27 bits per heavy atom. The molecule has 0 atom stereocenters. The van der Waals surface area contributed by atoms with E-state index in [9.17, 15) is 5.11 Å². The molecular weight excluding hydrogens is 319 g/mol. The molecule has 22 heavy (non-hydrogen) atoms. The van der Waals surface area contributed by atoms with Crippen molar-refractivity contribution in [1.82, 2.24) is 0 Å². The average molecular weight is 339 g/mol. The number of hydrogen-bond donors (Lipinski definition) is 1. The maximum absolute atomic E-state index is 9.43. The van der Waals surface area contributed by atoms with Crippen molar-refractivity contribution in [3.8, 4) is 11.5 Å². The molecule has 0 unspecified atom stereocenters. The fourth-order valence-electron chi connectivity index (χ4n) is 2.29. The summed E-state index contributed by atoms with van der Waals surface area (Å²) in [6.07, 6.45) is 0.790. The van der Waals surface area contributed by atoms with Crippen LogP contribution in [0.5, 0.6) is 11.5 Å². The molecule has 1 N–H and O–H groups in total. The van der Waals surface area contributed by atoms with Gasteiger partial charge in [0.25, 0.3) is 0 Å². The number of phenols is 1. The number of alkyl halides is 1. The van der Waals surface area contributed by atoms with Crippen molar-refractivity contribution in [3.63, 3.8) is 0 Å². The third-order valence-electron chi connectivity index (χ3n) is 3.78. The molecule has 0 saturated heterocycles. The van der Waals surface area contributed by atoms with Gasteiger partial charge in [-0.15, -0.1) is 11.6 Å². The molecule has 0 heterocycles. The van der Waals surface area contributed by atoms with Gasteiger partial charge in [-0.1, -0.05) is 43.6 Å². The highest BCUT2D eigenvalue weighted by molar-refractivity contribution is 6.32. The third kappa shape index (κ3) is 3.88. The maximum Gasteiger partial charge on any atom is 0.137 e. The fraction of sp³-hybridized carbons (Fsp3) is 0.333. The van der Waals surface area contributed by atoms with Crippen molar-refractivity contribution >= 4 is 23.2 Å². The van der Waals surface area contributed by atoms with Gasteiger partial charge in [-0.3, -0.25) is 0 Å². The lowest BCUT2D eigenvalue weighted by molar-refractivity contribution is 0.318. The van der Waals surface area contributed by atoms with Crippen LogP contribution in [0.15, 0.2) is 42.5 Å². The van der Waals surface area contributed by atoms with E-state index in [-0.39, 0.29) is 11.2 Å². The van der Waals surface area contributed by atoms with Gasteiger partial charge in [-0.2, -0.15) is 0 Å². The number of phenolic OH excluding ortho intramolecular Hbond substituents is 1. The van der Waals surface area contributed by atoms with Gasteiger partial charge < -0.3 is 9.84 Å². The minimum Gasteiger partial charge on any atom is -0.508 e. The van der Waals surface area contributed by atoms with E-state index < -0.39 is 0 Å². The smallest absolute Gasteiger partial charge is 0.137 e. The number of aromatic hydroxyl groups is 1. The Balaban J connectivity index is 2.24. The van der Waals surface area contributed by atoms with Crippen LogP contribution in [-0.4, -0.2) is 17.6 Å². The fourth-order valence-corrected chi connectivity index (χ4v) is 2.63. The van der Waals surface area contributed by atoms with Crippen LogP contribution in [0.25, 0.3) is 0 Å². The zero-order valence-corrected chi connectivity index (χ0v) is 14.3. The molecule has 0 spiro atoms. The summed E-state index contributed by atoms with van der Waals surface area (Å²) in [6, 6.07) is 13.1. The third-order valence-corrected chi connectivity index (χ3v) is 4.34. The number of ether oxygens (including phenoxy) is 1. The molecule has 2 aromatic rings. The lowest BCUT2D eigenvalue weighted by Crippen LogP contribution is -2.18. The van der Waals surface area contributed by atoms with E-state index in [1.54, 1.807) is 12.1 Å². The van der Waals surface area contributed by atoms with Crippen LogP contribution >= 0.6 is 23.2 Å². The average Bonchev–Trinajstić information content (AvgIpc) is 2.49. The number of benzene rings is 2. The monoisotopic (exact) mass is 338 g/mol. The Kier molecular flexibility index (Phi) is 5.60. The molecule has 0 amide bonds. The highest BCUT2D eigenvalue weighted by Crippen LogP contribution is 2.36. The van der Waals surface area contributed by atoms with Gasteiger partial charge in [0.15, 0.2) is 0 Å². The van der Waals surface area contributed by atoms with E-state index in [4.69, 9.17) is 27.9 Å². The van der Waals surface area contributed by atoms with E-state index in [1.165, 1.54) is 0 Å². The molecule has 0 bridgehead atoms. The van der Waals surface area contributed by atoms with Crippen molar-refractivity contribution in [1.29, 1.82) is 0 Å². The number of rotatable bonds is 6. The van der Waals surface area contributed by atoms with Gasteiger partial charge in [0.05, 0.1) is 11.6 Å². The van der Waals surface area contributed by atoms with Crippen LogP contribution in [0.3, 0.4) is 0 Å². The Bertz CT molecular complexity index is 621. The van der Waals surface area contributed by atoms with Crippen LogP contribution in [0.2, 0.25) is 5.02 Å². The quantitative estimate of drug-likeness (QED) is 0.566. The summed E-state index contributed by atoms with van der Waals surface area (Å²) in [5.74, 6) is 1.52. The Morgan fingerprint density at radius 1 is 1.05 bits per heavy atom. The van der Waals surface area contributed by atoms with Crippen molar-refractivity contribution in [2.75, 3.05) is 12.5 Å². The van der Waals surface area contributed by atoms with Crippen LogP contribution < -0.4 is 4.74 Å². The van der Waals surface area contributed by atoms with Crippen molar-refractivity contribution in [2.45, 2.75) is 25.7 Å². The summed E-state index contributed by atoms with van der Waals surface area (Å²) >= 11 is 12.0. The summed E-state index contributed by atoms with van der Waals surface area (Å²) in [5.41, 5.74) is 1.98. The van der Waals surface area contributed by atoms with Gasteiger partial charge in [-0.05, 0) is 41.8 Å². The summed E-state index contributed by atoms with van der Waals surface area (Å²) in [4.78, 5) is 0. The SMILES string of the molecule is CC(C)(c1ccc(O)cc1)c1ccc(OCCCCl)c(Cl)c1. The minimum atomic E-state index is -0.216. The number of halogens is 2. The molecule has 0 radical (unpaired) electrons. The highest BCUT2D eigenvalue weighted by atomic mass is 35.5. The van der Waals surface area contributed by atoms with Crippen LogP contribution in [0.4, 0.5) is 0 Å². The van der Waals surface area contributed by atoms with Crippen molar-refractivity contribution < 1.29 is 9.84 Å². The molecule has 118 valence electrons. The molecule has 2 nitrogen and oxygen atoms in total. The number of hydrogen-bond acceptors (Lipinski definition) is 2. The summed E-state index contributed by atoms with van der Waals surface area (Å²) < 4.78 is 5.62. The first-order valence-corrected chi connectivity index (χ1v) is 8.14. The zero-order chi connectivity index (χ0) is 16.2.